The molecule has 0 aliphatic rings. The zero-order chi connectivity index (χ0) is 32.5. The van der Waals surface area contributed by atoms with E-state index in [1.165, 1.54) is 0 Å². The van der Waals surface area contributed by atoms with Gasteiger partial charge in [0, 0.05) is 16.7 Å². The van der Waals surface area contributed by atoms with Crippen molar-refractivity contribution in [2.24, 2.45) is 11.3 Å². The summed E-state index contributed by atoms with van der Waals surface area (Å²) in [5, 5.41) is 6.12. The second-order valence-electron chi connectivity index (χ2n) is 13.4. The Bertz CT molecular complexity index is 1250. The molecule has 0 saturated heterocycles. The van der Waals surface area contributed by atoms with E-state index in [4.69, 9.17) is 10.6 Å². The van der Waals surface area contributed by atoms with Crippen LogP contribution in [0.2, 0.25) is 0 Å². The molecule has 0 saturated carbocycles. The quantitative estimate of drug-likeness (QED) is 0.156. The van der Waals surface area contributed by atoms with Crippen molar-refractivity contribution in [2.75, 3.05) is 19.8 Å². The Balaban J connectivity index is 2.17. The normalized spacial score (nSPS) is 14.7. The molecule has 0 aliphatic heterocycles. The fraction of sp³-hybridized carbons (Fsp3) is 0.500. The highest BCUT2D eigenvalue weighted by atomic mass is 16.6. The molecule has 0 aromatic heterocycles. The Morgan fingerprint density at radius 3 is 2.00 bits per heavy atom. The molecular formula is C34H51N5O4. The van der Waals surface area contributed by atoms with Crippen molar-refractivity contribution in [3.63, 3.8) is 0 Å². The van der Waals surface area contributed by atoms with Gasteiger partial charge in [0.15, 0.2) is 0 Å². The Labute approximate surface area is 257 Å². The minimum atomic E-state index is -0.818. The van der Waals surface area contributed by atoms with Crippen molar-refractivity contribution in [3.8, 4) is 0 Å². The van der Waals surface area contributed by atoms with Crippen molar-refractivity contribution in [3.05, 3.63) is 77.4 Å². The van der Waals surface area contributed by atoms with E-state index in [0.29, 0.717) is 11.3 Å². The van der Waals surface area contributed by atoms with Crippen LogP contribution < -0.4 is 21.8 Å². The molecule has 2 aromatic carbocycles. The number of likely N-dealkylation sites (N-methyl/N-ethyl adjacent to an activating group) is 1. The average molecular weight is 594 g/mol. The molecule has 0 heterocycles. The van der Waals surface area contributed by atoms with E-state index < -0.39 is 34.9 Å². The fourth-order valence-corrected chi connectivity index (χ4v) is 5.00. The number of hydroxylamine groups is 1. The van der Waals surface area contributed by atoms with Gasteiger partial charge in [-0.15, -0.1) is 0 Å². The largest absolute Gasteiger partial charge is 0.399 e. The highest BCUT2D eigenvalue weighted by Gasteiger charge is 2.42. The van der Waals surface area contributed by atoms with Crippen LogP contribution in [-0.4, -0.2) is 54.8 Å². The maximum atomic E-state index is 13.9. The van der Waals surface area contributed by atoms with Gasteiger partial charge in [-0.25, -0.2) is 5.48 Å². The molecule has 0 spiro atoms. The Morgan fingerprint density at radius 1 is 0.907 bits per heavy atom. The highest BCUT2D eigenvalue weighted by Crippen LogP contribution is 2.30. The van der Waals surface area contributed by atoms with Gasteiger partial charge in [0.2, 0.25) is 11.8 Å². The Morgan fingerprint density at radius 2 is 1.49 bits per heavy atom. The molecule has 0 fully saturated rings. The van der Waals surface area contributed by atoms with E-state index in [1.807, 2.05) is 110 Å². The molecule has 5 N–H and O–H groups in total. The zero-order valence-electron chi connectivity index (χ0n) is 27.4. The molecule has 236 valence electrons. The average Bonchev–Trinajstić information content (AvgIpc) is 2.91. The number of carbonyl (C=O) groups excluding carboxylic acids is 3. The van der Waals surface area contributed by atoms with Gasteiger partial charge in [-0.05, 0) is 55.6 Å². The minimum absolute atomic E-state index is 0.0229. The number of amides is 3. The minimum Gasteiger partial charge on any atom is -0.399 e. The first-order valence-corrected chi connectivity index (χ1v) is 14.7. The standard InChI is InChI=1S/C34H51N5O4/c1-22(2)27(20-23(3)30(40)38-43-21-24-16-18-26(35)19-17-24)36-31(41)28(33(4,5)6)37-32(42)29(39(9)10)34(7,8)25-14-12-11-13-15-25/h11-20,22,27-29H,21,35H2,1-10H3,(H,36,41)(H,37,42)(H,38,40)/b23-20+/t27-,28-,29-/m1/s1. The SMILES string of the molecule is C/C(=C\[C@@H](NC(=O)[C@@H](NC(=O)[C@@H](N(C)C)C(C)(C)c1ccccc1)C(C)(C)C)C(C)C)C(=O)NOCc1ccc(N)cc1. The lowest BCUT2D eigenvalue weighted by molar-refractivity contribution is -0.135. The van der Waals surface area contributed by atoms with Crippen LogP contribution in [-0.2, 0) is 31.2 Å². The molecule has 0 bridgehead atoms. The first-order chi connectivity index (χ1) is 19.9. The van der Waals surface area contributed by atoms with Crippen LogP contribution >= 0.6 is 0 Å². The third-order valence-electron chi connectivity index (χ3n) is 7.58. The van der Waals surface area contributed by atoms with Crippen LogP contribution in [0.4, 0.5) is 5.69 Å². The van der Waals surface area contributed by atoms with E-state index in [1.54, 1.807) is 25.1 Å². The number of nitrogen functional groups attached to an aromatic ring is 1. The number of carbonyl (C=O) groups is 3. The molecule has 0 unspecified atom stereocenters. The molecule has 3 amide bonds. The lowest BCUT2D eigenvalue weighted by Crippen LogP contribution is -2.61. The van der Waals surface area contributed by atoms with Crippen molar-refractivity contribution in [2.45, 2.75) is 85.5 Å². The lowest BCUT2D eigenvalue weighted by Gasteiger charge is -2.40. The molecule has 0 radical (unpaired) electrons. The van der Waals surface area contributed by atoms with Crippen LogP contribution in [0.1, 0.15) is 66.5 Å². The third kappa shape index (κ3) is 10.2. The van der Waals surface area contributed by atoms with Gasteiger partial charge in [0.1, 0.15) is 6.04 Å². The Hall–Kier alpha value is -3.69. The van der Waals surface area contributed by atoms with E-state index in [-0.39, 0.29) is 24.3 Å². The molecular weight excluding hydrogens is 542 g/mol. The molecule has 3 atom stereocenters. The summed E-state index contributed by atoms with van der Waals surface area (Å²) in [5.74, 6) is -0.990. The lowest BCUT2D eigenvalue weighted by atomic mass is 9.76. The van der Waals surface area contributed by atoms with Gasteiger partial charge in [-0.1, -0.05) is 97.0 Å². The number of nitrogens with two attached hydrogens (primary N) is 1. The summed E-state index contributed by atoms with van der Waals surface area (Å²) in [6.45, 7) is 15.6. The van der Waals surface area contributed by atoms with Crippen LogP contribution in [0.5, 0.6) is 0 Å². The summed E-state index contributed by atoms with van der Waals surface area (Å²) in [5.41, 5.74) is 9.98. The van der Waals surface area contributed by atoms with Crippen molar-refractivity contribution in [1.82, 2.24) is 21.0 Å². The predicted octanol–water partition coefficient (Wildman–Crippen LogP) is 4.34. The number of hydrogen-bond acceptors (Lipinski definition) is 6. The highest BCUT2D eigenvalue weighted by molar-refractivity contribution is 5.93. The topological polar surface area (TPSA) is 126 Å². The summed E-state index contributed by atoms with van der Waals surface area (Å²) in [6, 6.07) is 15.3. The summed E-state index contributed by atoms with van der Waals surface area (Å²) in [7, 11) is 3.74. The van der Waals surface area contributed by atoms with Gasteiger partial charge < -0.3 is 16.4 Å². The summed E-state index contributed by atoms with van der Waals surface area (Å²) >= 11 is 0. The maximum absolute atomic E-state index is 13.9. The molecule has 43 heavy (non-hydrogen) atoms. The van der Waals surface area contributed by atoms with Crippen LogP contribution in [0, 0.1) is 11.3 Å². The van der Waals surface area contributed by atoms with Gasteiger partial charge in [-0.2, -0.15) is 0 Å². The van der Waals surface area contributed by atoms with Gasteiger partial charge in [0.05, 0.1) is 18.7 Å². The smallest absolute Gasteiger partial charge is 0.270 e. The molecule has 9 nitrogen and oxygen atoms in total. The number of rotatable bonds is 13. The molecule has 9 heteroatoms. The Kier molecular flexibility index (Phi) is 12.5. The van der Waals surface area contributed by atoms with Crippen molar-refractivity contribution in [1.29, 1.82) is 0 Å². The monoisotopic (exact) mass is 593 g/mol. The zero-order valence-corrected chi connectivity index (χ0v) is 27.4. The van der Waals surface area contributed by atoms with E-state index >= 15 is 0 Å². The molecule has 2 rings (SSSR count). The number of hydrogen-bond donors (Lipinski definition) is 4. The van der Waals surface area contributed by atoms with E-state index in [0.717, 1.165) is 11.1 Å². The van der Waals surface area contributed by atoms with Gasteiger partial charge >= 0.3 is 0 Å². The number of anilines is 1. The predicted molar refractivity (Wildman–Crippen MR) is 173 cm³/mol. The number of nitrogens with zero attached hydrogens (tertiary/aromatic N) is 1. The van der Waals surface area contributed by atoms with Crippen LogP contribution in [0.3, 0.4) is 0 Å². The van der Waals surface area contributed by atoms with Gasteiger partial charge in [0.25, 0.3) is 5.91 Å². The number of benzene rings is 2. The molecule has 2 aromatic rings. The summed E-state index contributed by atoms with van der Waals surface area (Å²) in [6.07, 6.45) is 1.72. The van der Waals surface area contributed by atoms with Crippen LogP contribution in [0.15, 0.2) is 66.2 Å². The maximum Gasteiger partial charge on any atom is 0.270 e. The first-order valence-electron chi connectivity index (χ1n) is 14.7. The van der Waals surface area contributed by atoms with Crippen molar-refractivity contribution < 1.29 is 19.2 Å². The second kappa shape index (κ2) is 15.2. The van der Waals surface area contributed by atoms with Gasteiger partial charge in [-0.3, -0.25) is 24.1 Å². The first kappa shape index (κ1) is 35.5. The van der Waals surface area contributed by atoms with E-state index in [2.05, 4.69) is 16.1 Å². The molecule has 0 aliphatic carbocycles. The summed E-state index contributed by atoms with van der Waals surface area (Å²) in [4.78, 5) is 47.6. The summed E-state index contributed by atoms with van der Waals surface area (Å²) < 4.78 is 0. The van der Waals surface area contributed by atoms with Crippen molar-refractivity contribution >= 4 is 23.4 Å². The van der Waals surface area contributed by atoms with E-state index in [9.17, 15) is 14.4 Å². The fourth-order valence-electron chi connectivity index (χ4n) is 5.00. The van der Waals surface area contributed by atoms with Crippen LogP contribution in [0.25, 0.3) is 0 Å². The third-order valence-corrected chi connectivity index (χ3v) is 7.58. The second-order valence-corrected chi connectivity index (χ2v) is 13.4. The number of nitrogens with one attached hydrogen (secondary N) is 3.